The molecule has 3 heterocycles. The number of rotatable bonds is 3. The monoisotopic (exact) mass is 328 g/mol. The molecule has 6 heteroatoms. The summed E-state index contributed by atoms with van der Waals surface area (Å²) in [5.41, 5.74) is 10.3. The molecule has 0 bridgehead atoms. The number of hydrogen-bond donors (Lipinski definition) is 1. The largest absolute Gasteiger partial charge is 0.397 e. The third kappa shape index (κ3) is 2.36. The fraction of sp³-hybridized carbons (Fsp3) is 0.312. The molecule has 3 aromatic rings. The number of pyridine rings is 1. The standard InChI is InChI=1S/C16H16N4S2/c1-9-5-12(10-6-18-8-19-7-10)20-15-13(9)14(17)16(22-15)21-11-3-2-4-11/h5-8,11H,2-4,17H2,1H3. The lowest BCUT2D eigenvalue weighted by molar-refractivity contribution is 0.522. The molecule has 4 rings (SSSR count). The quantitative estimate of drug-likeness (QED) is 0.777. The summed E-state index contributed by atoms with van der Waals surface area (Å²) in [6.07, 6.45) is 9.07. The summed E-state index contributed by atoms with van der Waals surface area (Å²) in [6, 6.07) is 2.07. The summed E-state index contributed by atoms with van der Waals surface area (Å²) in [5, 5.41) is 1.84. The van der Waals surface area contributed by atoms with E-state index in [0.29, 0.717) is 0 Å². The van der Waals surface area contributed by atoms with E-state index in [1.807, 2.05) is 11.8 Å². The molecule has 0 aliphatic heterocycles. The Hall–Kier alpha value is -1.66. The van der Waals surface area contributed by atoms with Crippen molar-refractivity contribution in [3.8, 4) is 11.3 Å². The van der Waals surface area contributed by atoms with Crippen molar-refractivity contribution in [3.05, 3.63) is 30.4 Å². The molecule has 0 spiro atoms. The number of thiophene rings is 1. The van der Waals surface area contributed by atoms with Crippen LogP contribution in [-0.2, 0) is 0 Å². The average molecular weight is 328 g/mol. The lowest BCUT2D eigenvalue weighted by atomic mass is 10.0. The minimum absolute atomic E-state index is 0.734. The van der Waals surface area contributed by atoms with Crippen LogP contribution in [0.25, 0.3) is 21.5 Å². The molecule has 1 fully saturated rings. The molecular formula is C16H16N4S2. The Labute approximate surface area is 137 Å². The SMILES string of the molecule is Cc1cc(-c2cncnc2)nc2sc(SC3CCC3)c(N)c12. The highest BCUT2D eigenvalue weighted by Gasteiger charge is 2.22. The lowest BCUT2D eigenvalue weighted by Gasteiger charge is -2.23. The summed E-state index contributed by atoms with van der Waals surface area (Å²) in [5.74, 6) is 0. The molecule has 0 amide bonds. The van der Waals surface area contributed by atoms with Crippen molar-refractivity contribution in [2.75, 3.05) is 5.73 Å². The fourth-order valence-corrected chi connectivity index (χ4v) is 5.44. The summed E-state index contributed by atoms with van der Waals surface area (Å²) < 4.78 is 1.22. The van der Waals surface area contributed by atoms with Crippen LogP contribution in [0.15, 0.2) is 29.0 Å². The molecule has 0 saturated heterocycles. The number of hydrogen-bond acceptors (Lipinski definition) is 6. The number of aryl methyl sites for hydroxylation is 1. The second-order valence-corrected chi connectivity index (χ2v) is 8.17. The Morgan fingerprint density at radius 2 is 2.05 bits per heavy atom. The highest BCUT2D eigenvalue weighted by Crippen LogP contribution is 2.46. The first-order valence-corrected chi connectivity index (χ1v) is 9.03. The van der Waals surface area contributed by atoms with Crippen molar-refractivity contribution >= 4 is 39.0 Å². The van der Waals surface area contributed by atoms with Gasteiger partial charge in [-0.05, 0) is 31.4 Å². The maximum atomic E-state index is 6.38. The van der Waals surface area contributed by atoms with Crippen molar-refractivity contribution in [3.63, 3.8) is 0 Å². The van der Waals surface area contributed by atoms with Gasteiger partial charge in [0.25, 0.3) is 0 Å². The summed E-state index contributed by atoms with van der Waals surface area (Å²) in [7, 11) is 0. The van der Waals surface area contributed by atoms with E-state index in [2.05, 4.69) is 23.0 Å². The summed E-state index contributed by atoms with van der Waals surface area (Å²) >= 11 is 3.63. The van der Waals surface area contributed by atoms with Crippen LogP contribution in [0.3, 0.4) is 0 Å². The van der Waals surface area contributed by atoms with E-state index >= 15 is 0 Å². The number of nitrogen functional groups attached to an aromatic ring is 1. The first-order valence-electron chi connectivity index (χ1n) is 7.34. The van der Waals surface area contributed by atoms with Gasteiger partial charge in [-0.15, -0.1) is 23.1 Å². The van der Waals surface area contributed by atoms with Crippen LogP contribution < -0.4 is 5.73 Å². The van der Waals surface area contributed by atoms with Gasteiger partial charge >= 0.3 is 0 Å². The molecule has 22 heavy (non-hydrogen) atoms. The number of nitrogens with zero attached hydrogens (tertiary/aromatic N) is 3. The molecule has 1 saturated carbocycles. The number of anilines is 1. The zero-order valence-corrected chi connectivity index (χ0v) is 13.9. The average Bonchev–Trinajstić information content (AvgIpc) is 2.80. The van der Waals surface area contributed by atoms with Gasteiger partial charge < -0.3 is 5.73 Å². The van der Waals surface area contributed by atoms with E-state index in [9.17, 15) is 0 Å². The number of nitrogens with two attached hydrogens (primary N) is 1. The van der Waals surface area contributed by atoms with Crippen molar-refractivity contribution < 1.29 is 0 Å². The normalized spacial score (nSPS) is 15.1. The van der Waals surface area contributed by atoms with Crippen molar-refractivity contribution in [2.24, 2.45) is 0 Å². The zero-order valence-electron chi connectivity index (χ0n) is 12.2. The van der Waals surface area contributed by atoms with E-state index in [4.69, 9.17) is 10.7 Å². The van der Waals surface area contributed by atoms with Gasteiger partial charge in [-0.2, -0.15) is 0 Å². The molecule has 0 aromatic carbocycles. The summed E-state index contributed by atoms with van der Waals surface area (Å²) in [6.45, 7) is 2.10. The highest BCUT2D eigenvalue weighted by molar-refractivity contribution is 8.02. The van der Waals surface area contributed by atoms with Gasteiger partial charge in [0.15, 0.2) is 0 Å². The highest BCUT2D eigenvalue weighted by atomic mass is 32.2. The zero-order chi connectivity index (χ0) is 15.1. The third-order valence-electron chi connectivity index (χ3n) is 4.04. The second-order valence-electron chi connectivity index (χ2n) is 5.61. The third-order valence-corrected chi connectivity index (χ3v) is 6.72. The van der Waals surface area contributed by atoms with Crippen LogP contribution in [0.5, 0.6) is 0 Å². The van der Waals surface area contributed by atoms with Crippen LogP contribution >= 0.6 is 23.1 Å². The van der Waals surface area contributed by atoms with E-state index in [1.165, 1.54) is 29.8 Å². The first kappa shape index (κ1) is 14.0. The lowest BCUT2D eigenvalue weighted by Crippen LogP contribution is -2.12. The molecule has 0 unspecified atom stereocenters. The molecule has 1 aliphatic rings. The Bertz CT molecular complexity index is 825. The first-order chi connectivity index (χ1) is 10.7. The van der Waals surface area contributed by atoms with Gasteiger partial charge in [0.2, 0.25) is 0 Å². The van der Waals surface area contributed by atoms with Crippen LogP contribution in [0, 0.1) is 6.92 Å². The predicted molar refractivity (Wildman–Crippen MR) is 93.3 cm³/mol. The minimum Gasteiger partial charge on any atom is -0.397 e. The van der Waals surface area contributed by atoms with Gasteiger partial charge in [0, 0.05) is 28.6 Å². The Balaban J connectivity index is 1.80. The maximum Gasteiger partial charge on any atom is 0.127 e. The molecule has 112 valence electrons. The molecule has 0 atom stereocenters. The van der Waals surface area contributed by atoms with E-state index in [-0.39, 0.29) is 0 Å². The molecule has 1 aliphatic carbocycles. The van der Waals surface area contributed by atoms with Crippen molar-refractivity contribution in [1.82, 2.24) is 15.0 Å². The fourth-order valence-electron chi connectivity index (χ4n) is 2.60. The Morgan fingerprint density at radius 1 is 1.27 bits per heavy atom. The van der Waals surface area contributed by atoms with Gasteiger partial charge in [-0.25, -0.2) is 15.0 Å². The predicted octanol–water partition coefficient (Wildman–Crippen LogP) is 4.29. The van der Waals surface area contributed by atoms with Crippen LogP contribution in [0.2, 0.25) is 0 Å². The number of aromatic nitrogens is 3. The van der Waals surface area contributed by atoms with E-state index in [0.717, 1.165) is 38.0 Å². The van der Waals surface area contributed by atoms with Gasteiger partial charge in [0.1, 0.15) is 11.2 Å². The molecule has 3 aromatic heterocycles. The number of thioether (sulfide) groups is 1. The van der Waals surface area contributed by atoms with E-state index in [1.54, 1.807) is 23.7 Å². The van der Waals surface area contributed by atoms with Gasteiger partial charge in [-0.1, -0.05) is 6.42 Å². The molecule has 0 radical (unpaired) electrons. The molecule has 2 N–H and O–H groups in total. The van der Waals surface area contributed by atoms with Gasteiger partial charge in [-0.3, -0.25) is 0 Å². The Kier molecular flexibility index (Phi) is 3.50. The smallest absolute Gasteiger partial charge is 0.127 e. The number of fused-ring (bicyclic) bond motifs is 1. The second kappa shape index (κ2) is 5.52. The molecular weight excluding hydrogens is 312 g/mol. The van der Waals surface area contributed by atoms with Crippen LogP contribution in [-0.4, -0.2) is 20.2 Å². The van der Waals surface area contributed by atoms with E-state index < -0.39 is 0 Å². The van der Waals surface area contributed by atoms with Crippen molar-refractivity contribution in [1.29, 1.82) is 0 Å². The van der Waals surface area contributed by atoms with Crippen LogP contribution in [0.1, 0.15) is 24.8 Å². The van der Waals surface area contributed by atoms with Crippen molar-refractivity contribution in [2.45, 2.75) is 35.6 Å². The summed E-state index contributed by atoms with van der Waals surface area (Å²) in [4.78, 5) is 13.9. The maximum absolute atomic E-state index is 6.38. The van der Waals surface area contributed by atoms with Gasteiger partial charge in [0.05, 0.1) is 15.6 Å². The molecule has 4 nitrogen and oxygen atoms in total. The topological polar surface area (TPSA) is 64.7 Å². The minimum atomic E-state index is 0.734. The Morgan fingerprint density at radius 3 is 2.73 bits per heavy atom. The van der Waals surface area contributed by atoms with Crippen LogP contribution in [0.4, 0.5) is 5.69 Å².